The Kier molecular flexibility index (Phi) is 5.52. The highest BCUT2D eigenvalue weighted by molar-refractivity contribution is 5.76. The Bertz CT molecular complexity index is 748. The molecule has 1 N–H and O–H groups in total. The molecule has 3 rings (SSSR count). The van der Waals surface area contributed by atoms with Gasteiger partial charge in [-0.3, -0.25) is 14.7 Å². The fourth-order valence-corrected chi connectivity index (χ4v) is 3.20. The summed E-state index contributed by atoms with van der Waals surface area (Å²) in [5, 5.41) is 9.83. The van der Waals surface area contributed by atoms with Crippen LogP contribution in [0.3, 0.4) is 0 Å². The second-order valence-corrected chi connectivity index (χ2v) is 5.92. The third kappa shape index (κ3) is 3.70. The third-order valence-corrected chi connectivity index (χ3v) is 4.50. The molecule has 0 aromatic carbocycles. The van der Waals surface area contributed by atoms with Crippen LogP contribution in [0, 0.1) is 0 Å². The molecule has 0 aliphatic carbocycles. The van der Waals surface area contributed by atoms with Crippen molar-refractivity contribution < 1.29 is 19.4 Å². The van der Waals surface area contributed by atoms with E-state index in [4.69, 9.17) is 9.47 Å². The lowest BCUT2D eigenvalue weighted by atomic mass is 10.1. The van der Waals surface area contributed by atoms with E-state index in [1.54, 1.807) is 24.5 Å². The van der Waals surface area contributed by atoms with Crippen LogP contribution in [-0.2, 0) is 4.79 Å². The summed E-state index contributed by atoms with van der Waals surface area (Å²) in [7, 11) is 2.99. The summed E-state index contributed by atoms with van der Waals surface area (Å²) in [5.41, 5.74) is 1.62. The molecule has 1 fully saturated rings. The van der Waals surface area contributed by atoms with Crippen molar-refractivity contribution in [2.45, 2.75) is 6.04 Å². The van der Waals surface area contributed by atoms with Gasteiger partial charge in [-0.1, -0.05) is 0 Å². The normalized spacial score (nSPS) is 16.2. The van der Waals surface area contributed by atoms with Crippen molar-refractivity contribution in [1.82, 2.24) is 14.9 Å². The first kappa shape index (κ1) is 17.9. The number of hydrogen-bond donors (Lipinski definition) is 1. The number of piperazine rings is 1. The highest BCUT2D eigenvalue weighted by atomic mass is 16.5. The standard InChI is InChI=1S/C18H22N4O4/c1-25-15-4-3-14(17(20-15)26-2)16(18(23)24)22-11-9-21(10-12-22)13-5-7-19-8-6-13/h3-8,16H,9-12H2,1-2H3,(H,23,24)/t16-/m1/s1. The van der Waals surface area contributed by atoms with Crippen molar-refractivity contribution in [2.24, 2.45) is 0 Å². The molecule has 0 spiro atoms. The number of carboxylic acids is 1. The van der Waals surface area contributed by atoms with E-state index < -0.39 is 12.0 Å². The number of ether oxygens (including phenoxy) is 2. The van der Waals surface area contributed by atoms with Crippen molar-refractivity contribution >= 4 is 11.7 Å². The van der Waals surface area contributed by atoms with Crippen LogP contribution >= 0.6 is 0 Å². The summed E-state index contributed by atoms with van der Waals surface area (Å²) in [4.78, 5) is 24.4. The lowest BCUT2D eigenvalue weighted by Crippen LogP contribution is -2.49. The molecule has 1 saturated heterocycles. The van der Waals surface area contributed by atoms with Gasteiger partial charge in [-0.15, -0.1) is 0 Å². The molecule has 2 aromatic heterocycles. The van der Waals surface area contributed by atoms with Crippen LogP contribution < -0.4 is 14.4 Å². The van der Waals surface area contributed by atoms with E-state index >= 15 is 0 Å². The molecule has 0 amide bonds. The van der Waals surface area contributed by atoms with Crippen LogP contribution in [-0.4, -0.2) is 66.3 Å². The van der Waals surface area contributed by atoms with Crippen LogP contribution in [0.25, 0.3) is 0 Å². The summed E-state index contributed by atoms with van der Waals surface area (Å²) in [6, 6.07) is 6.46. The molecule has 0 radical (unpaired) electrons. The molecular weight excluding hydrogens is 336 g/mol. The second-order valence-electron chi connectivity index (χ2n) is 5.92. The Hall–Kier alpha value is -2.87. The molecule has 8 nitrogen and oxygen atoms in total. The van der Waals surface area contributed by atoms with E-state index in [2.05, 4.69) is 14.9 Å². The van der Waals surface area contributed by atoms with Crippen LogP contribution in [0.1, 0.15) is 11.6 Å². The van der Waals surface area contributed by atoms with Crippen molar-refractivity contribution in [2.75, 3.05) is 45.3 Å². The number of pyridine rings is 2. The number of carboxylic acid groups (broad SMARTS) is 1. The minimum Gasteiger partial charge on any atom is -0.481 e. The van der Waals surface area contributed by atoms with Crippen LogP contribution in [0.5, 0.6) is 11.8 Å². The summed E-state index contributed by atoms with van der Waals surface area (Å²) in [6.07, 6.45) is 3.52. The molecule has 1 atom stereocenters. The first-order chi connectivity index (χ1) is 12.6. The van der Waals surface area contributed by atoms with Crippen LogP contribution in [0.15, 0.2) is 36.7 Å². The first-order valence-electron chi connectivity index (χ1n) is 8.34. The number of aliphatic carboxylic acids is 1. The zero-order valence-electron chi connectivity index (χ0n) is 14.8. The summed E-state index contributed by atoms with van der Waals surface area (Å²) in [5.74, 6) is -0.266. The Morgan fingerprint density at radius 3 is 2.35 bits per heavy atom. The molecular formula is C18H22N4O4. The first-order valence-corrected chi connectivity index (χ1v) is 8.34. The van der Waals surface area contributed by atoms with E-state index in [1.807, 2.05) is 17.0 Å². The van der Waals surface area contributed by atoms with E-state index in [-0.39, 0.29) is 5.88 Å². The van der Waals surface area contributed by atoms with Gasteiger partial charge in [0.1, 0.15) is 6.04 Å². The van der Waals surface area contributed by atoms with E-state index in [0.29, 0.717) is 24.5 Å². The minimum absolute atomic E-state index is 0.272. The third-order valence-electron chi connectivity index (χ3n) is 4.50. The topological polar surface area (TPSA) is 88.0 Å². The summed E-state index contributed by atoms with van der Waals surface area (Å²) >= 11 is 0. The number of hydrogen-bond acceptors (Lipinski definition) is 7. The number of nitrogens with zero attached hydrogens (tertiary/aromatic N) is 4. The molecule has 0 unspecified atom stereocenters. The molecule has 1 aliphatic heterocycles. The van der Waals surface area contributed by atoms with Gasteiger partial charge in [0.2, 0.25) is 11.8 Å². The fourth-order valence-electron chi connectivity index (χ4n) is 3.20. The average molecular weight is 358 g/mol. The quantitative estimate of drug-likeness (QED) is 0.830. The van der Waals surface area contributed by atoms with E-state index in [9.17, 15) is 9.90 Å². The van der Waals surface area contributed by atoms with Crippen molar-refractivity contribution in [3.05, 3.63) is 42.2 Å². The van der Waals surface area contributed by atoms with Gasteiger partial charge < -0.3 is 19.5 Å². The monoisotopic (exact) mass is 358 g/mol. The summed E-state index contributed by atoms with van der Waals surface area (Å²) < 4.78 is 10.4. The highest BCUT2D eigenvalue weighted by Crippen LogP contribution is 2.31. The van der Waals surface area contributed by atoms with Gasteiger partial charge in [-0.05, 0) is 18.2 Å². The Morgan fingerprint density at radius 2 is 1.77 bits per heavy atom. The second kappa shape index (κ2) is 8.01. The van der Waals surface area contributed by atoms with Gasteiger partial charge in [0.25, 0.3) is 0 Å². The Morgan fingerprint density at radius 1 is 1.08 bits per heavy atom. The fraction of sp³-hybridized carbons (Fsp3) is 0.389. The van der Waals surface area contributed by atoms with Gasteiger partial charge in [0, 0.05) is 55.9 Å². The van der Waals surface area contributed by atoms with Gasteiger partial charge in [0.15, 0.2) is 0 Å². The maximum atomic E-state index is 12.0. The SMILES string of the molecule is COc1ccc([C@H](C(=O)O)N2CCN(c3ccncc3)CC2)c(OC)n1. The Labute approximate surface area is 152 Å². The molecule has 8 heteroatoms. The lowest BCUT2D eigenvalue weighted by Gasteiger charge is -2.38. The zero-order chi connectivity index (χ0) is 18.5. The van der Waals surface area contributed by atoms with Gasteiger partial charge >= 0.3 is 5.97 Å². The molecule has 0 bridgehead atoms. The maximum absolute atomic E-state index is 12.0. The predicted octanol–water partition coefficient (Wildman–Crippen LogP) is 1.44. The number of methoxy groups -OCH3 is 2. The summed E-state index contributed by atoms with van der Waals surface area (Å²) in [6.45, 7) is 2.71. The molecule has 138 valence electrons. The van der Waals surface area contributed by atoms with Crippen molar-refractivity contribution in [1.29, 1.82) is 0 Å². The molecule has 26 heavy (non-hydrogen) atoms. The van der Waals surface area contributed by atoms with Crippen molar-refractivity contribution in [3.8, 4) is 11.8 Å². The smallest absolute Gasteiger partial charge is 0.325 e. The minimum atomic E-state index is -0.923. The number of anilines is 1. The molecule has 2 aromatic rings. The highest BCUT2D eigenvalue weighted by Gasteiger charge is 2.33. The predicted molar refractivity (Wildman–Crippen MR) is 95.7 cm³/mol. The molecule has 0 saturated carbocycles. The van der Waals surface area contributed by atoms with E-state index in [0.717, 1.165) is 18.8 Å². The number of aromatic nitrogens is 2. The van der Waals surface area contributed by atoms with Gasteiger partial charge in [-0.25, -0.2) is 0 Å². The van der Waals surface area contributed by atoms with E-state index in [1.165, 1.54) is 14.2 Å². The average Bonchev–Trinajstić information content (AvgIpc) is 2.69. The van der Waals surface area contributed by atoms with Gasteiger partial charge in [0.05, 0.1) is 14.2 Å². The number of rotatable bonds is 6. The maximum Gasteiger partial charge on any atom is 0.325 e. The molecule has 3 heterocycles. The lowest BCUT2D eigenvalue weighted by molar-refractivity contribution is -0.143. The van der Waals surface area contributed by atoms with Crippen molar-refractivity contribution in [3.63, 3.8) is 0 Å². The Balaban J connectivity index is 1.79. The van der Waals surface area contributed by atoms with Crippen LogP contribution in [0.4, 0.5) is 5.69 Å². The van der Waals surface area contributed by atoms with Crippen LogP contribution in [0.2, 0.25) is 0 Å². The molecule has 1 aliphatic rings. The van der Waals surface area contributed by atoms with Gasteiger partial charge in [-0.2, -0.15) is 4.98 Å². The zero-order valence-corrected chi connectivity index (χ0v) is 14.8. The largest absolute Gasteiger partial charge is 0.481 e. The number of carbonyl (C=O) groups is 1.